The predicted molar refractivity (Wildman–Crippen MR) is 148 cm³/mol. The molecule has 0 amide bonds. The van der Waals surface area contributed by atoms with Gasteiger partial charge in [0.2, 0.25) is 0 Å². The molecule has 170 valence electrons. The molecule has 2 aromatic heterocycles. The Balaban J connectivity index is 1.62. The lowest BCUT2D eigenvalue weighted by molar-refractivity contribution is 0.544. The largest absolute Gasteiger partial charge is 0.212 e. The fourth-order valence-corrected chi connectivity index (χ4v) is 5.63. The summed E-state index contributed by atoms with van der Waals surface area (Å²) < 4.78 is 2.48. The Labute approximate surface area is 209 Å². The molecule has 4 aromatic carbocycles. The van der Waals surface area contributed by atoms with Crippen LogP contribution in [-0.2, 0) is 5.41 Å². The van der Waals surface area contributed by atoms with Gasteiger partial charge in [0.1, 0.15) is 5.82 Å². The smallest absolute Gasteiger partial charge is 0.165 e. The first-order valence-electron chi connectivity index (χ1n) is 11.8. The maximum absolute atomic E-state index is 5.08. The summed E-state index contributed by atoms with van der Waals surface area (Å²) in [5, 5.41) is 2.51. The Bertz CT molecular complexity index is 1680. The minimum atomic E-state index is -0.220. The molecule has 0 saturated heterocycles. The van der Waals surface area contributed by atoms with Crippen LogP contribution < -0.4 is 0 Å². The molecule has 0 fully saturated rings. The topological polar surface area (TPSA) is 38.7 Å². The van der Waals surface area contributed by atoms with E-state index in [2.05, 4.69) is 112 Å². The van der Waals surface area contributed by atoms with E-state index in [9.17, 15) is 0 Å². The molecule has 0 radical (unpaired) electrons. The zero-order valence-electron chi connectivity index (χ0n) is 20.0. The molecule has 0 aliphatic heterocycles. The van der Waals surface area contributed by atoms with Gasteiger partial charge < -0.3 is 0 Å². The van der Waals surface area contributed by atoms with Gasteiger partial charge in [-0.15, -0.1) is 11.3 Å². The third-order valence-corrected chi connectivity index (χ3v) is 7.42. The van der Waals surface area contributed by atoms with Gasteiger partial charge in [-0.25, -0.2) is 15.0 Å². The second-order valence-corrected chi connectivity index (χ2v) is 10.8. The summed E-state index contributed by atoms with van der Waals surface area (Å²) in [5.74, 6) is 2.22. The molecule has 0 atom stereocenters. The van der Waals surface area contributed by atoms with Crippen molar-refractivity contribution in [1.82, 2.24) is 15.0 Å². The van der Waals surface area contributed by atoms with Crippen LogP contribution in [0.3, 0.4) is 0 Å². The van der Waals surface area contributed by atoms with E-state index in [4.69, 9.17) is 15.0 Å². The molecule has 0 aliphatic rings. The maximum Gasteiger partial charge on any atom is 0.165 e. The van der Waals surface area contributed by atoms with Crippen LogP contribution in [-0.4, -0.2) is 15.0 Å². The average Bonchev–Trinajstić information content (AvgIpc) is 3.27. The highest BCUT2D eigenvalue weighted by Gasteiger charge is 2.23. The summed E-state index contributed by atoms with van der Waals surface area (Å²) in [5.41, 5.74) is 4.10. The quantitative estimate of drug-likeness (QED) is 0.259. The van der Waals surface area contributed by atoms with E-state index in [0.29, 0.717) is 5.82 Å². The average molecular weight is 472 g/mol. The Hall–Kier alpha value is -3.89. The lowest BCUT2D eigenvalue weighted by Crippen LogP contribution is -2.18. The van der Waals surface area contributed by atoms with Crippen LogP contribution in [0.15, 0.2) is 97.1 Å². The van der Waals surface area contributed by atoms with E-state index < -0.39 is 0 Å². The summed E-state index contributed by atoms with van der Waals surface area (Å²) in [4.78, 5) is 15.1. The molecular weight excluding hydrogens is 446 g/mol. The normalized spacial score (nSPS) is 11.9. The third-order valence-electron chi connectivity index (χ3n) is 6.20. The molecule has 0 N–H and O–H groups in total. The molecule has 6 rings (SSSR count). The van der Waals surface area contributed by atoms with Crippen molar-refractivity contribution >= 4 is 31.5 Å². The molecule has 0 bridgehead atoms. The van der Waals surface area contributed by atoms with Crippen LogP contribution in [0.5, 0.6) is 0 Å². The summed E-state index contributed by atoms with van der Waals surface area (Å²) in [6.07, 6.45) is 0. The maximum atomic E-state index is 5.08. The predicted octanol–water partition coefficient (Wildman–Crippen LogP) is 8.54. The van der Waals surface area contributed by atoms with Crippen LogP contribution in [0, 0.1) is 0 Å². The second-order valence-electron chi connectivity index (χ2n) is 9.75. The van der Waals surface area contributed by atoms with Crippen LogP contribution in [0.4, 0.5) is 0 Å². The number of hydrogen-bond donors (Lipinski definition) is 0. The van der Waals surface area contributed by atoms with Crippen LogP contribution in [0.2, 0.25) is 0 Å². The van der Waals surface area contributed by atoms with Crippen molar-refractivity contribution < 1.29 is 0 Å². The van der Waals surface area contributed by atoms with E-state index >= 15 is 0 Å². The standard InChI is InChI=1S/C31H25N3S/c1-31(2,3)30-33-28(24-16-8-7-14-21(24)20-12-5-4-6-13-20)32-29(34-30)25-18-11-17-23-22-15-9-10-19-26(22)35-27(23)25/h4-19H,1-3H3. The zero-order valence-corrected chi connectivity index (χ0v) is 20.8. The highest BCUT2D eigenvalue weighted by atomic mass is 32.1. The van der Waals surface area contributed by atoms with Gasteiger partial charge in [-0.05, 0) is 23.3 Å². The van der Waals surface area contributed by atoms with Crippen LogP contribution >= 0.6 is 11.3 Å². The molecular formula is C31H25N3S. The summed E-state index contributed by atoms with van der Waals surface area (Å²) in [7, 11) is 0. The summed E-state index contributed by atoms with van der Waals surface area (Å²) >= 11 is 1.80. The lowest BCUT2D eigenvalue weighted by atomic mass is 9.95. The monoisotopic (exact) mass is 471 g/mol. The number of thiophene rings is 1. The molecule has 0 saturated carbocycles. The van der Waals surface area contributed by atoms with Gasteiger partial charge in [-0.1, -0.05) is 106 Å². The van der Waals surface area contributed by atoms with Gasteiger partial charge in [0.15, 0.2) is 11.6 Å². The van der Waals surface area contributed by atoms with E-state index in [1.165, 1.54) is 20.2 Å². The first-order chi connectivity index (χ1) is 17.0. The molecule has 6 aromatic rings. The zero-order chi connectivity index (χ0) is 24.0. The minimum Gasteiger partial charge on any atom is -0.212 e. The molecule has 4 heteroatoms. The van der Waals surface area contributed by atoms with E-state index in [1.54, 1.807) is 11.3 Å². The molecule has 2 heterocycles. The molecule has 35 heavy (non-hydrogen) atoms. The van der Waals surface area contributed by atoms with Gasteiger partial charge in [0, 0.05) is 36.7 Å². The van der Waals surface area contributed by atoms with Crippen molar-refractivity contribution in [2.75, 3.05) is 0 Å². The SMILES string of the molecule is CC(C)(C)c1nc(-c2ccccc2-c2ccccc2)nc(-c2cccc3c2sc2ccccc23)n1. The summed E-state index contributed by atoms with van der Waals surface area (Å²) in [6, 6.07) is 33.8. The third kappa shape index (κ3) is 3.90. The fourth-order valence-electron chi connectivity index (χ4n) is 4.42. The second kappa shape index (κ2) is 8.40. The number of nitrogens with zero attached hydrogens (tertiary/aromatic N) is 3. The molecule has 3 nitrogen and oxygen atoms in total. The van der Waals surface area contributed by atoms with Crippen molar-refractivity contribution in [3.8, 4) is 33.9 Å². The van der Waals surface area contributed by atoms with Crippen molar-refractivity contribution in [2.45, 2.75) is 26.2 Å². The molecule has 0 spiro atoms. The highest BCUT2D eigenvalue weighted by molar-refractivity contribution is 7.26. The number of fused-ring (bicyclic) bond motifs is 3. The first kappa shape index (κ1) is 21.6. The number of rotatable bonds is 3. The van der Waals surface area contributed by atoms with E-state index in [1.807, 2.05) is 6.07 Å². The van der Waals surface area contributed by atoms with Crippen molar-refractivity contribution in [3.63, 3.8) is 0 Å². The van der Waals surface area contributed by atoms with Crippen LogP contribution in [0.25, 0.3) is 54.1 Å². The van der Waals surface area contributed by atoms with E-state index in [0.717, 1.165) is 33.9 Å². The fraction of sp³-hybridized carbons (Fsp3) is 0.129. The molecule has 0 unspecified atom stereocenters. The Kier molecular flexibility index (Phi) is 5.19. The highest BCUT2D eigenvalue weighted by Crippen LogP contribution is 2.40. The Morgan fingerprint density at radius 2 is 1.14 bits per heavy atom. The lowest BCUT2D eigenvalue weighted by Gasteiger charge is -2.19. The van der Waals surface area contributed by atoms with Gasteiger partial charge in [-0.2, -0.15) is 0 Å². The minimum absolute atomic E-state index is 0.220. The summed E-state index contributed by atoms with van der Waals surface area (Å²) in [6.45, 7) is 6.46. The molecule has 0 aliphatic carbocycles. The van der Waals surface area contributed by atoms with Crippen LogP contribution in [0.1, 0.15) is 26.6 Å². The number of aromatic nitrogens is 3. The number of benzene rings is 4. The van der Waals surface area contributed by atoms with Gasteiger partial charge in [0.25, 0.3) is 0 Å². The Morgan fingerprint density at radius 1 is 0.543 bits per heavy atom. The van der Waals surface area contributed by atoms with Crippen molar-refractivity contribution in [3.05, 3.63) is 103 Å². The van der Waals surface area contributed by atoms with Gasteiger partial charge in [-0.3, -0.25) is 0 Å². The number of hydrogen-bond acceptors (Lipinski definition) is 4. The van der Waals surface area contributed by atoms with Gasteiger partial charge in [0.05, 0.1) is 0 Å². The van der Waals surface area contributed by atoms with Crippen molar-refractivity contribution in [1.29, 1.82) is 0 Å². The first-order valence-corrected chi connectivity index (χ1v) is 12.6. The van der Waals surface area contributed by atoms with Crippen molar-refractivity contribution in [2.24, 2.45) is 0 Å². The van der Waals surface area contributed by atoms with Gasteiger partial charge >= 0.3 is 0 Å². The Morgan fingerprint density at radius 3 is 1.91 bits per heavy atom. The van der Waals surface area contributed by atoms with E-state index in [-0.39, 0.29) is 5.41 Å².